The van der Waals surface area contributed by atoms with Gasteiger partial charge in [-0.25, -0.2) is 0 Å². The van der Waals surface area contributed by atoms with Gasteiger partial charge in [0.15, 0.2) is 0 Å². The van der Waals surface area contributed by atoms with E-state index < -0.39 is 11.7 Å². The van der Waals surface area contributed by atoms with Crippen molar-refractivity contribution in [3.63, 3.8) is 0 Å². The Labute approximate surface area is 112 Å². The molecular weight excluding hydrogens is 250 g/mol. The third-order valence-electron chi connectivity index (χ3n) is 3.03. The lowest BCUT2D eigenvalue weighted by Gasteiger charge is -2.23. The number of benzene rings is 1. The smallest absolute Gasteiger partial charge is 0.299 e. The molecule has 0 saturated carbocycles. The number of ketones is 1. The fraction of sp³-hybridized carbons (Fsp3) is 0.429. The van der Waals surface area contributed by atoms with Crippen molar-refractivity contribution in [1.82, 2.24) is 0 Å². The van der Waals surface area contributed by atoms with E-state index in [0.29, 0.717) is 22.8 Å². The highest BCUT2D eigenvalue weighted by Gasteiger charge is 2.37. The Hall–Kier alpha value is -1.35. The van der Waals surface area contributed by atoms with E-state index in [-0.39, 0.29) is 5.41 Å². The van der Waals surface area contributed by atoms with Gasteiger partial charge >= 0.3 is 0 Å². The van der Waals surface area contributed by atoms with Gasteiger partial charge in [0.1, 0.15) is 0 Å². The van der Waals surface area contributed by atoms with E-state index in [9.17, 15) is 9.59 Å². The number of carbonyl (C=O) groups excluding carboxylic acids is 2. The average Bonchev–Trinajstić information content (AvgIpc) is 2.51. The molecule has 0 unspecified atom stereocenters. The van der Waals surface area contributed by atoms with E-state index in [4.69, 9.17) is 11.6 Å². The summed E-state index contributed by atoms with van der Waals surface area (Å²) in [5.41, 5.74) is 1.09. The number of Topliss-reactive ketones (excluding diaryl/α,β-unsaturated/α-hetero) is 1. The molecule has 1 aromatic rings. The van der Waals surface area contributed by atoms with Gasteiger partial charge in [-0.1, -0.05) is 38.4 Å². The second-order valence-electron chi connectivity index (χ2n) is 5.73. The quantitative estimate of drug-likeness (QED) is 0.770. The summed E-state index contributed by atoms with van der Waals surface area (Å²) < 4.78 is 0. The van der Waals surface area contributed by atoms with Gasteiger partial charge in [-0.05, 0) is 24.0 Å². The fourth-order valence-electron chi connectivity index (χ4n) is 1.97. The maximum atomic E-state index is 11.9. The average molecular weight is 266 g/mol. The molecule has 18 heavy (non-hydrogen) atoms. The van der Waals surface area contributed by atoms with Gasteiger partial charge in [0.05, 0.1) is 16.3 Å². The molecule has 0 N–H and O–H groups in total. The van der Waals surface area contributed by atoms with E-state index in [2.05, 4.69) is 20.8 Å². The topological polar surface area (TPSA) is 37.4 Å². The summed E-state index contributed by atoms with van der Waals surface area (Å²) in [6.07, 6.45) is 0.816. The van der Waals surface area contributed by atoms with Crippen LogP contribution in [-0.2, 0) is 4.79 Å². The van der Waals surface area contributed by atoms with E-state index in [1.807, 2.05) is 0 Å². The van der Waals surface area contributed by atoms with Crippen LogP contribution >= 0.6 is 11.6 Å². The Morgan fingerprint density at radius 2 is 1.89 bits per heavy atom. The second-order valence-corrected chi connectivity index (χ2v) is 6.14. The molecule has 0 bridgehead atoms. The predicted molar refractivity (Wildman–Crippen MR) is 72.2 cm³/mol. The van der Waals surface area contributed by atoms with Crippen LogP contribution in [0.25, 0.3) is 0 Å². The van der Waals surface area contributed by atoms with Crippen LogP contribution < -0.4 is 4.90 Å². The number of para-hydroxylation sites is 1. The van der Waals surface area contributed by atoms with Crippen molar-refractivity contribution < 1.29 is 9.59 Å². The number of rotatable bonds is 2. The van der Waals surface area contributed by atoms with Crippen LogP contribution in [0.15, 0.2) is 18.2 Å². The van der Waals surface area contributed by atoms with Crippen LogP contribution in [0.4, 0.5) is 5.69 Å². The molecule has 0 radical (unpaired) electrons. The number of nitrogens with zero attached hydrogens (tertiary/aromatic N) is 1. The predicted octanol–water partition coefficient (Wildman–Crippen LogP) is 3.31. The molecule has 1 aromatic carbocycles. The molecule has 0 aromatic heterocycles. The number of hydrogen-bond donors (Lipinski definition) is 0. The molecule has 3 nitrogen and oxygen atoms in total. The highest BCUT2D eigenvalue weighted by Crippen LogP contribution is 2.36. The van der Waals surface area contributed by atoms with E-state index >= 15 is 0 Å². The molecule has 0 fully saturated rings. The first-order chi connectivity index (χ1) is 8.31. The number of fused-ring (bicyclic) bond motifs is 1. The highest BCUT2D eigenvalue weighted by molar-refractivity contribution is 6.54. The number of anilines is 1. The first kappa shape index (κ1) is 13.1. The normalized spacial score (nSPS) is 15.2. The zero-order valence-corrected chi connectivity index (χ0v) is 11.5. The van der Waals surface area contributed by atoms with Crippen LogP contribution in [0.1, 0.15) is 37.6 Å². The van der Waals surface area contributed by atoms with Gasteiger partial charge < -0.3 is 4.90 Å². The van der Waals surface area contributed by atoms with E-state index in [1.54, 1.807) is 18.2 Å². The SMILES string of the molecule is CC(C)(C)CCN1C(=O)C(=O)c2cccc(Cl)c21. The Kier molecular flexibility index (Phi) is 3.20. The first-order valence-electron chi connectivity index (χ1n) is 5.96. The largest absolute Gasteiger partial charge is 0.303 e. The maximum absolute atomic E-state index is 11.9. The molecule has 4 heteroatoms. The summed E-state index contributed by atoms with van der Waals surface area (Å²) in [4.78, 5) is 25.3. The van der Waals surface area contributed by atoms with Crippen molar-refractivity contribution in [3.8, 4) is 0 Å². The summed E-state index contributed by atoms with van der Waals surface area (Å²) in [6.45, 7) is 6.82. The summed E-state index contributed by atoms with van der Waals surface area (Å²) in [6, 6.07) is 5.05. The molecule has 2 rings (SSSR count). The second kappa shape index (κ2) is 4.39. The zero-order valence-electron chi connectivity index (χ0n) is 10.8. The third kappa shape index (κ3) is 2.27. The van der Waals surface area contributed by atoms with Gasteiger partial charge in [-0.3, -0.25) is 9.59 Å². The molecule has 0 spiro atoms. The molecule has 1 amide bonds. The van der Waals surface area contributed by atoms with Crippen molar-refractivity contribution in [3.05, 3.63) is 28.8 Å². The molecule has 1 aliphatic rings. The Balaban J connectivity index is 2.34. The minimum absolute atomic E-state index is 0.105. The molecular formula is C14H16ClNO2. The summed E-state index contributed by atoms with van der Waals surface area (Å²) in [5, 5.41) is 0.459. The van der Waals surface area contributed by atoms with E-state index in [0.717, 1.165) is 6.42 Å². The van der Waals surface area contributed by atoms with Gasteiger partial charge in [-0.15, -0.1) is 0 Å². The van der Waals surface area contributed by atoms with Crippen LogP contribution in [0.3, 0.4) is 0 Å². The van der Waals surface area contributed by atoms with Gasteiger partial charge in [0.25, 0.3) is 11.7 Å². The lowest BCUT2D eigenvalue weighted by Crippen LogP contribution is -2.32. The zero-order chi connectivity index (χ0) is 13.5. The number of hydrogen-bond acceptors (Lipinski definition) is 2. The lowest BCUT2D eigenvalue weighted by atomic mass is 9.92. The van der Waals surface area contributed by atoms with Crippen molar-refractivity contribution >= 4 is 29.0 Å². The molecule has 0 saturated heterocycles. The van der Waals surface area contributed by atoms with Crippen LogP contribution in [0.5, 0.6) is 0 Å². The monoisotopic (exact) mass is 265 g/mol. The molecule has 0 aliphatic carbocycles. The molecule has 1 aliphatic heterocycles. The van der Waals surface area contributed by atoms with Crippen molar-refractivity contribution in [2.24, 2.45) is 5.41 Å². The van der Waals surface area contributed by atoms with Crippen molar-refractivity contribution in [1.29, 1.82) is 0 Å². The number of halogens is 1. The standard InChI is InChI=1S/C14H16ClNO2/c1-14(2,3)7-8-16-11-9(12(17)13(16)18)5-4-6-10(11)15/h4-6H,7-8H2,1-3H3. The Morgan fingerprint density at radius 3 is 2.50 bits per heavy atom. The Bertz CT molecular complexity index is 517. The third-order valence-corrected chi connectivity index (χ3v) is 3.33. The van der Waals surface area contributed by atoms with Crippen LogP contribution in [0, 0.1) is 5.41 Å². The van der Waals surface area contributed by atoms with Crippen LogP contribution in [0.2, 0.25) is 5.02 Å². The van der Waals surface area contributed by atoms with Gasteiger partial charge in [0.2, 0.25) is 0 Å². The van der Waals surface area contributed by atoms with E-state index in [1.165, 1.54) is 4.90 Å². The van der Waals surface area contributed by atoms with Gasteiger partial charge in [-0.2, -0.15) is 0 Å². The Morgan fingerprint density at radius 1 is 1.22 bits per heavy atom. The molecule has 0 atom stereocenters. The minimum Gasteiger partial charge on any atom is -0.303 e. The fourth-order valence-corrected chi connectivity index (χ4v) is 2.25. The highest BCUT2D eigenvalue weighted by atomic mass is 35.5. The number of amides is 1. The van der Waals surface area contributed by atoms with Crippen LogP contribution in [-0.4, -0.2) is 18.2 Å². The summed E-state index contributed by atoms with van der Waals surface area (Å²) in [5.74, 6) is -0.927. The first-order valence-corrected chi connectivity index (χ1v) is 6.34. The molecule has 96 valence electrons. The van der Waals surface area contributed by atoms with Crippen molar-refractivity contribution in [2.75, 3.05) is 11.4 Å². The summed E-state index contributed by atoms with van der Waals surface area (Å²) in [7, 11) is 0. The summed E-state index contributed by atoms with van der Waals surface area (Å²) >= 11 is 6.10. The maximum Gasteiger partial charge on any atom is 0.299 e. The number of carbonyl (C=O) groups is 2. The van der Waals surface area contributed by atoms with Gasteiger partial charge in [0, 0.05) is 6.54 Å². The minimum atomic E-state index is -0.470. The lowest BCUT2D eigenvalue weighted by molar-refractivity contribution is -0.114. The molecule has 1 heterocycles. The van der Waals surface area contributed by atoms with Crippen molar-refractivity contribution in [2.45, 2.75) is 27.2 Å².